The van der Waals surface area contributed by atoms with Crippen molar-refractivity contribution in [3.8, 4) is 0 Å². The summed E-state index contributed by atoms with van der Waals surface area (Å²) < 4.78 is 8.27. The predicted molar refractivity (Wildman–Crippen MR) is 75.2 cm³/mol. The average Bonchev–Trinajstić information content (AvgIpc) is 2.25. The number of carbonyl (C=O) groups is 1. The molecule has 0 spiro atoms. The molecule has 2 atom stereocenters. The molecule has 0 amide bonds. The van der Waals surface area contributed by atoms with Crippen LogP contribution in [0.3, 0.4) is 0 Å². The minimum absolute atomic E-state index is 0.123. The molecule has 0 aromatic heterocycles. The van der Waals surface area contributed by atoms with Crippen LogP contribution in [0.5, 0.6) is 0 Å². The number of carbonyl (C=O) groups excluding carboxylic acids is 1. The van der Waals surface area contributed by atoms with Gasteiger partial charge >= 0.3 is 5.97 Å². The molecule has 0 aromatic rings. The molecule has 0 aliphatic carbocycles. The summed E-state index contributed by atoms with van der Waals surface area (Å²) in [5, 5.41) is 0. The van der Waals surface area contributed by atoms with Gasteiger partial charge in [-0.15, -0.1) is 0 Å². The summed E-state index contributed by atoms with van der Waals surface area (Å²) in [4.78, 5) is 15.6. The third-order valence-electron chi connectivity index (χ3n) is 2.49. The first-order valence-electron chi connectivity index (χ1n) is 5.41. The molecule has 0 bridgehead atoms. The summed E-state index contributed by atoms with van der Waals surface area (Å²) in [7, 11) is 4.90. The second-order valence-corrected chi connectivity index (χ2v) is 5.31. The lowest BCUT2D eigenvalue weighted by atomic mass is 9.78. The molecule has 0 rings (SSSR count). The van der Waals surface area contributed by atoms with E-state index in [2.05, 4.69) is 18.8 Å². The van der Waals surface area contributed by atoms with E-state index in [0.29, 0.717) is 6.54 Å². The molecular formula is C10H21N3O2P2. The van der Waals surface area contributed by atoms with Gasteiger partial charge in [0.25, 0.3) is 0 Å². The van der Waals surface area contributed by atoms with Crippen molar-refractivity contribution in [2.75, 3.05) is 6.54 Å². The lowest BCUT2D eigenvalue weighted by molar-refractivity contribution is -0.141. The number of guanidine groups is 1. The van der Waals surface area contributed by atoms with Gasteiger partial charge < -0.3 is 10.3 Å². The zero-order valence-corrected chi connectivity index (χ0v) is 12.7. The van der Waals surface area contributed by atoms with Crippen LogP contribution < -0.4 is 5.73 Å². The molecule has 0 aromatic carbocycles. The van der Waals surface area contributed by atoms with E-state index in [1.54, 1.807) is 0 Å². The van der Waals surface area contributed by atoms with Crippen molar-refractivity contribution < 1.29 is 9.32 Å². The van der Waals surface area contributed by atoms with Crippen LogP contribution >= 0.6 is 18.5 Å². The van der Waals surface area contributed by atoms with Gasteiger partial charge in [0.1, 0.15) is 0 Å². The summed E-state index contributed by atoms with van der Waals surface area (Å²) in [5.41, 5.74) is 5.28. The maximum atomic E-state index is 11.6. The number of rotatable bonds is 5. The number of hydrogen-bond donors (Lipinski definition) is 1. The molecule has 0 saturated carbocycles. The van der Waals surface area contributed by atoms with E-state index in [-0.39, 0.29) is 23.3 Å². The van der Waals surface area contributed by atoms with Crippen LogP contribution in [0.1, 0.15) is 33.6 Å². The minimum Gasteiger partial charge on any atom is -0.451 e. The Morgan fingerprint density at radius 1 is 1.53 bits per heavy atom. The van der Waals surface area contributed by atoms with Gasteiger partial charge in [0.05, 0.1) is 15.4 Å². The van der Waals surface area contributed by atoms with Gasteiger partial charge in [-0.3, -0.25) is 9.79 Å². The fourth-order valence-corrected chi connectivity index (χ4v) is 1.75. The van der Waals surface area contributed by atoms with Crippen LogP contribution in [0.2, 0.25) is 0 Å². The van der Waals surface area contributed by atoms with Crippen LogP contribution in [0.15, 0.2) is 9.74 Å². The lowest BCUT2D eigenvalue weighted by Gasteiger charge is -2.28. The molecule has 7 heteroatoms. The average molecular weight is 277 g/mol. The summed E-state index contributed by atoms with van der Waals surface area (Å²) in [5.74, 6) is -0.135. The summed E-state index contributed by atoms with van der Waals surface area (Å²) >= 11 is 0. The Morgan fingerprint density at radius 3 is 2.53 bits per heavy atom. The van der Waals surface area contributed by atoms with Gasteiger partial charge in [-0.2, -0.15) is 0 Å². The molecule has 0 heterocycles. The summed E-state index contributed by atoms with van der Waals surface area (Å²) in [6, 6.07) is 0. The Labute approximate surface area is 107 Å². The van der Waals surface area contributed by atoms with E-state index in [1.807, 2.05) is 30.2 Å². The van der Waals surface area contributed by atoms with Crippen molar-refractivity contribution in [1.82, 2.24) is 0 Å². The van der Waals surface area contributed by atoms with E-state index in [4.69, 9.17) is 10.3 Å². The molecular weight excluding hydrogens is 256 g/mol. The molecule has 0 fully saturated rings. The molecule has 98 valence electrons. The third-order valence-corrected chi connectivity index (χ3v) is 2.95. The van der Waals surface area contributed by atoms with Crippen LogP contribution in [0, 0.1) is 11.3 Å². The second-order valence-electron chi connectivity index (χ2n) is 4.85. The Balaban J connectivity index is 4.29. The van der Waals surface area contributed by atoms with E-state index >= 15 is 0 Å². The number of aliphatic imine (C=N–C) groups is 1. The van der Waals surface area contributed by atoms with E-state index in [0.717, 1.165) is 12.8 Å². The standard InChI is InChI=1S/C10H21N3O2P2/c1-10(2,3)7(8(14)15-17)5-4-6-12-9(11)13-16/h7,16H,4-6,17H2,1-3H3,(H2,11,12). The normalized spacial score (nSPS) is 14.2. The highest BCUT2D eigenvalue weighted by atomic mass is 31.0. The molecule has 0 saturated heterocycles. The first kappa shape index (κ1) is 16.5. The molecule has 0 aliphatic rings. The highest BCUT2D eigenvalue weighted by Crippen LogP contribution is 2.31. The predicted octanol–water partition coefficient (Wildman–Crippen LogP) is 2.40. The summed E-state index contributed by atoms with van der Waals surface area (Å²) in [6.07, 6.45) is 1.49. The highest BCUT2D eigenvalue weighted by molar-refractivity contribution is 7.10. The van der Waals surface area contributed by atoms with Crippen LogP contribution in [0.4, 0.5) is 0 Å². The SMILES string of the molecule is CC(C)(C)C(CCCN=C(N)N=P)C(=O)OP. The molecule has 2 unspecified atom stereocenters. The number of nitrogens with two attached hydrogens (primary N) is 1. The highest BCUT2D eigenvalue weighted by Gasteiger charge is 2.31. The smallest absolute Gasteiger partial charge is 0.311 e. The Kier molecular flexibility index (Phi) is 7.49. The largest absolute Gasteiger partial charge is 0.451 e. The van der Waals surface area contributed by atoms with Crippen LogP contribution in [-0.2, 0) is 9.32 Å². The Bertz CT molecular complexity index is 300. The monoisotopic (exact) mass is 277 g/mol. The van der Waals surface area contributed by atoms with Crippen molar-refractivity contribution in [3.63, 3.8) is 0 Å². The molecule has 2 N–H and O–H groups in total. The van der Waals surface area contributed by atoms with Gasteiger partial charge in [0.2, 0.25) is 5.96 Å². The number of nitrogens with zero attached hydrogens (tertiary/aromatic N) is 2. The van der Waals surface area contributed by atoms with Gasteiger partial charge in [0.15, 0.2) is 0 Å². The minimum atomic E-state index is -0.204. The van der Waals surface area contributed by atoms with Gasteiger partial charge in [-0.1, -0.05) is 20.8 Å². The molecule has 0 aliphatic heterocycles. The third kappa shape index (κ3) is 6.70. The van der Waals surface area contributed by atoms with Crippen molar-refractivity contribution in [2.24, 2.45) is 26.8 Å². The van der Waals surface area contributed by atoms with Crippen LogP contribution in [-0.4, -0.2) is 18.5 Å². The van der Waals surface area contributed by atoms with Crippen molar-refractivity contribution >= 4 is 30.4 Å². The Morgan fingerprint density at radius 2 is 2.12 bits per heavy atom. The Hall–Kier alpha value is -0.530. The van der Waals surface area contributed by atoms with Crippen LogP contribution in [0.25, 0.3) is 0 Å². The number of hydrogen-bond acceptors (Lipinski definition) is 3. The zero-order valence-electron chi connectivity index (χ0n) is 10.6. The zero-order chi connectivity index (χ0) is 13.5. The van der Waals surface area contributed by atoms with Crippen molar-refractivity contribution in [2.45, 2.75) is 33.6 Å². The lowest BCUT2D eigenvalue weighted by Crippen LogP contribution is -2.29. The molecule has 5 nitrogen and oxygen atoms in total. The fraction of sp³-hybridized carbons (Fsp3) is 0.800. The summed E-state index contributed by atoms with van der Waals surface area (Å²) in [6.45, 7) is 6.61. The second kappa shape index (κ2) is 7.73. The van der Waals surface area contributed by atoms with Gasteiger partial charge in [-0.05, 0) is 27.3 Å². The van der Waals surface area contributed by atoms with E-state index < -0.39 is 0 Å². The van der Waals surface area contributed by atoms with Gasteiger partial charge in [-0.25, -0.2) is 4.74 Å². The fourth-order valence-electron chi connectivity index (χ4n) is 1.51. The van der Waals surface area contributed by atoms with E-state index in [1.165, 1.54) is 0 Å². The van der Waals surface area contributed by atoms with Gasteiger partial charge in [0, 0.05) is 6.54 Å². The first-order chi connectivity index (χ1) is 7.82. The topological polar surface area (TPSA) is 77.0 Å². The molecule has 0 radical (unpaired) electrons. The maximum Gasteiger partial charge on any atom is 0.311 e. The maximum absolute atomic E-state index is 11.6. The van der Waals surface area contributed by atoms with Crippen molar-refractivity contribution in [3.05, 3.63) is 0 Å². The first-order valence-corrected chi connectivity index (χ1v) is 6.32. The quantitative estimate of drug-likeness (QED) is 0.363. The van der Waals surface area contributed by atoms with E-state index in [9.17, 15) is 4.79 Å². The van der Waals surface area contributed by atoms with Crippen molar-refractivity contribution in [1.29, 1.82) is 0 Å². The molecule has 17 heavy (non-hydrogen) atoms.